The first-order valence-electron chi connectivity index (χ1n) is 8.33. The summed E-state index contributed by atoms with van der Waals surface area (Å²) in [5.41, 5.74) is 7.31. The number of primary amides is 1. The molecule has 0 unspecified atom stereocenters. The van der Waals surface area contributed by atoms with Crippen molar-refractivity contribution in [3.63, 3.8) is 0 Å². The maximum atomic E-state index is 10.9. The molecular formula is C20H29NO4. The molecule has 0 spiro atoms. The Morgan fingerprint density at radius 1 is 1.20 bits per heavy atom. The van der Waals surface area contributed by atoms with Crippen molar-refractivity contribution < 1.29 is 18.7 Å². The molecule has 138 valence electrons. The van der Waals surface area contributed by atoms with Gasteiger partial charge < -0.3 is 14.9 Å². The largest absolute Gasteiger partial charge is 0.471 e. The number of aryl methyl sites for hydroxylation is 3. The van der Waals surface area contributed by atoms with Crippen LogP contribution in [0.1, 0.15) is 53.6 Å². The number of furan rings is 1. The van der Waals surface area contributed by atoms with E-state index in [1.165, 1.54) is 25.5 Å². The minimum absolute atomic E-state index is 0.302. The zero-order valence-electron chi connectivity index (χ0n) is 15.6. The quantitative estimate of drug-likeness (QED) is 0.627. The highest BCUT2D eigenvalue weighted by Crippen LogP contribution is 2.16. The van der Waals surface area contributed by atoms with Crippen LogP contribution in [0.5, 0.6) is 0 Å². The monoisotopic (exact) mass is 347 g/mol. The second kappa shape index (κ2) is 13.8. The normalized spacial score (nSPS) is 9.12. The van der Waals surface area contributed by atoms with Crippen LogP contribution in [0.2, 0.25) is 0 Å². The Labute approximate surface area is 150 Å². The fourth-order valence-corrected chi connectivity index (χ4v) is 2.00. The summed E-state index contributed by atoms with van der Waals surface area (Å²) in [6.07, 6.45) is 4.36. The molecule has 0 radical (unpaired) electrons. The van der Waals surface area contributed by atoms with Crippen molar-refractivity contribution in [2.75, 3.05) is 7.11 Å². The lowest BCUT2D eigenvalue weighted by Gasteiger charge is -1.94. The SMILES string of the molecule is CCCCCc1cc(C)c(C(N)=O)o1.COC=O.Cc1ccccc1. The van der Waals surface area contributed by atoms with Crippen molar-refractivity contribution >= 4 is 12.4 Å². The third-order valence-corrected chi connectivity index (χ3v) is 3.26. The predicted molar refractivity (Wildman–Crippen MR) is 99.4 cm³/mol. The highest BCUT2D eigenvalue weighted by Gasteiger charge is 2.11. The van der Waals surface area contributed by atoms with E-state index in [1.54, 1.807) is 0 Å². The summed E-state index contributed by atoms with van der Waals surface area (Å²) < 4.78 is 9.21. The van der Waals surface area contributed by atoms with E-state index in [4.69, 9.17) is 14.9 Å². The predicted octanol–water partition coefficient (Wildman–Crippen LogP) is 4.20. The van der Waals surface area contributed by atoms with Crippen LogP contribution in [0.4, 0.5) is 0 Å². The lowest BCUT2D eigenvalue weighted by molar-refractivity contribution is -0.126. The summed E-state index contributed by atoms with van der Waals surface area (Å²) in [4.78, 5) is 19.8. The number of ether oxygens (including phenoxy) is 1. The van der Waals surface area contributed by atoms with Crippen molar-refractivity contribution in [3.8, 4) is 0 Å². The van der Waals surface area contributed by atoms with Gasteiger partial charge in [0.05, 0.1) is 7.11 Å². The van der Waals surface area contributed by atoms with Gasteiger partial charge in [-0.05, 0) is 26.3 Å². The van der Waals surface area contributed by atoms with Crippen LogP contribution in [0, 0.1) is 13.8 Å². The van der Waals surface area contributed by atoms with Gasteiger partial charge in [0.2, 0.25) is 0 Å². The number of hydrogen-bond donors (Lipinski definition) is 1. The van der Waals surface area contributed by atoms with E-state index in [-0.39, 0.29) is 0 Å². The third kappa shape index (κ3) is 10.8. The lowest BCUT2D eigenvalue weighted by Crippen LogP contribution is -2.10. The second-order valence-electron chi connectivity index (χ2n) is 5.53. The topological polar surface area (TPSA) is 82.5 Å². The third-order valence-electron chi connectivity index (χ3n) is 3.26. The van der Waals surface area contributed by atoms with Crippen molar-refractivity contribution in [1.29, 1.82) is 0 Å². The number of carbonyl (C=O) groups excluding carboxylic acids is 2. The van der Waals surface area contributed by atoms with E-state index in [0.29, 0.717) is 12.2 Å². The number of amides is 1. The number of nitrogens with two attached hydrogens (primary N) is 1. The molecule has 0 aliphatic rings. The Morgan fingerprint density at radius 3 is 2.16 bits per heavy atom. The van der Waals surface area contributed by atoms with Crippen LogP contribution in [-0.2, 0) is 16.0 Å². The number of rotatable bonds is 6. The summed E-state index contributed by atoms with van der Waals surface area (Å²) in [6, 6.07) is 12.2. The van der Waals surface area contributed by atoms with E-state index in [1.807, 2.05) is 31.2 Å². The van der Waals surface area contributed by atoms with Gasteiger partial charge in [0.15, 0.2) is 5.76 Å². The zero-order chi connectivity index (χ0) is 19.1. The van der Waals surface area contributed by atoms with E-state index < -0.39 is 5.91 Å². The summed E-state index contributed by atoms with van der Waals surface area (Å²) in [5.74, 6) is 0.686. The lowest BCUT2D eigenvalue weighted by atomic mass is 10.1. The van der Waals surface area contributed by atoms with Gasteiger partial charge in [0.1, 0.15) is 5.76 Å². The fourth-order valence-electron chi connectivity index (χ4n) is 2.00. The van der Waals surface area contributed by atoms with Gasteiger partial charge in [-0.2, -0.15) is 0 Å². The molecular weight excluding hydrogens is 318 g/mol. The van der Waals surface area contributed by atoms with Crippen molar-refractivity contribution in [3.05, 3.63) is 59.0 Å². The molecule has 2 rings (SSSR count). The second-order valence-corrected chi connectivity index (χ2v) is 5.53. The van der Waals surface area contributed by atoms with Gasteiger partial charge in [-0.3, -0.25) is 9.59 Å². The van der Waals surface area contributed by atoms with Crippen molar-refractivity contribution in [1.82, 2.24) is 0 Å². The molecule has 1 heterocycles. The van der Waals surface area contributed by atoms with Gasteiger partial charge in [-0.1, -0.05) is 55.7 Å². The number of methoxy groups -OCH3 is 1. The molecule has 25 heavy (non-hydrogen) atoms. The number of benzene rings is 1. The molecule has 0 aliphatic carbocycles. The van der Waals surface area contributed by atoms with Crippen LogP contribution in [0.25, 0.3) is 0 Å². The Hall–Kier alpha value is -2.56. The smallest absolute Gasteiger partial charge is 0.292 e. The number of unbranched alkanes of at least 4 members (excludes halogenated alkanes) is 2. The molecule has 0 saturated carbocycles. The molecule has 1 amide bonds. The summed E-state index contributed by atoms with van der Waals surface area (Å²) in [6.45, 7) is 6.45. The Morgan fingerprint density at radius 2 is 1.80 bits per heavy atom. The first-order chi connectivity index (χ1) is 12.0. The molecule has 5 heteroatoms. The minimum Gasteiger partial charge on any atom is -0.471 e. The molecule has 0 fully saturated rings. The molecule has 2 aromatic rings. The molecule has 1 aromatic heterocycles. The van der Waals surface area contributed by atoms with Crippen LogP contribution in [-0.4, -0.2) is 19.5 Å². The average Bonchev–Trinajstić information content (AvgIpc) is 2.98. The molecule has 0 bridgehead atoms. The average molecular weight is 347 g/mol. The summed E-state index contributed by atoms with van der Waals surface area (Å²) in [7, 11) is 1.31. The van der Waals surface area contributed by atoms with Gasteiger partial charge in [-0.25, -0.2) is 0 Å². The molecule has 5 nitrogen and oxygen atoms in total. The van der Waals surface area contributed by atoms with Crippen molar-refractivity contribution in [2.24, 2.45) is 5.73 Å². The zero-order valence-corrected chi connectivity index (χ0v) is 15.6. The molecule has 1 aromatic carbocycles. The summed E-state index contributed by atoms with van der Waals surface area (Å²) >= 11 is 0. The standard InChI is InChI=1S/C11H17NO2.C7H8.C2H4O2/c1-3-4-5-6-9-7-8(2)10(14-9)11(12)13;1-7-5-3-2-4-6-7;1-4-2-3/h7H,3-6H2,1-2H3,(H2,12,13);2-6H,1H3;2H,1H3. The maximum absolute atomic E-state index is 10.9. The van der Waals surface area contributed by atoms with Gasteiger partial charge in [0, 0.05) is 12.0 Å². The Bertz CT molecular complexity index is 605. The Kier molecular flexibility index (Phi) is 12.4. The maximum Gasteiger partial charge on any atom is 0.292 e. The Balaban J connectivity index is 0.000000433. The van der Waals surface area contributed by atoms with Crippen LogP contribution >= 0.6 is 0 Å². The molecule has 0 aliphatic heterocycles. The van der Waals surface area contributed by atoms with E-state index in [2.05, 4.69) is 30.7 Å². The van der Waals surface area contributed by atoms with Gasteiger partial charge in [0.25, 0.3) is 12.4 Å². The number of carbonyl (C=O) groups is 2. The highest BCUT2D eigenvalue weighted by atomic mass is 16.5. The fraction of sp³-hybridized carbons (Fsp3) is 0.400. The van der Waals surface area contributed by atoms with E-state index in [0.717, 1.165) is 24.2 Å². The molecule has 0 atom stereocenters. The van der Waals surface area contributed by atoms with E-state index >= 15 is 0 Å². The van der Waals surface area contributed by atoms with Crippen molar-refractivity contribution in [2.45, 2.75) is 46.5 Å². The van der Waals surface area contributed by atoms with Crippen LogP contribution in [0.3, 0.4) is 0 Å². The van der Waals surface area contributed by atoms with Crippen LogP contribution < -0.4 is 5.73 Å². The first-order valence-corrected chi connectivity index (χ1v) is 8.33. The van der Waals surface area contributed by atoms with Crippen LogP contribution in [0.15, 0.2) is 40.8 Å². The minimum atomic E-state index is -0.482. The molecule has 2 N–H and O–H groups in total. The first kappa shape index (κ1) is 22.4. The van der Waals surface area contributed by atoms with Gasteiger partial charge >= 0.3 is 0 Å². The van der Waals surface area contributed by atoms with E-state index in [9.17, 15) is 4.79 Å². The summed E-state index contributed by atoms with van der Waals surface area (Å²) in [5, 5.41) is 0. The van der Waals surface area contributed by atoms with Gasteiger partial charge in [-0.15, -0.1) is 0 Å². The number of hydrogen-bond acceptors (Lipinski definition) is 4. The highest BCUT2D eigenvalue weighted by molar-refractivity contribution is 5.91. The molecule has 0 saturated heterocycles.